The third-order valence-electron chi connectivity index (χ3n) is 2.16. The van der Waals surface area contributed by atoms with Crippen LogP contribution in [0.2, 0.25) is 0 Å². The molecule has 2 heteroatoms. The maximum atomic E-state index is 7.36. The molecule has 0 spiro atoms. The number of rotatable bonds is 1. The maximum absolute atomic E-state index is 7.36. The van der Waals surface area contributed by atoms with E-state index in [1.54, 1.807) is 6.07 Å². The van der Waals surface area contributed by atoms with Crippen LogP contribution < -0.4 is 0 Å². The molecular formula is C11H13NO. The molecule has 2 aromatic rings. The summed E-state index contributed by atoms with van der Waals surface area (Å²) in [5.41, 5.74) is 1.65. The Bertz CT molecular complexity index is 513. The Morgan fingerprint density at radius 2 is 2.31 bits per heavy atom. The van der Waals surface area contributed by atoms with E-state index in [0.717, 1.165) is 5.56 Å². The molecule has 0 atom stereocenters. The first-order valence-corrected chi connectivity index (χ1v) is 4.29. The van der Waals surface area contributed by atoms with Gasteiger partial charge in [0.2, 0.25) is 0 Å². The molecule has 1 aromatic heterocycles. The van der Waals surface area contributed by atoms with Gasteiger partial charge in [0, 0.05) is 9.50 Å². The lowest BCUT2D eigenvalue weighted by Crippen LogP contribution is -1.85. The summed E-state index contributed by atoms with van der Waals surface area (Å²) in [7, 11) is 0. The van der Waals surface area contributed by atoms with Gasteiger partial charge in [-0.2, -0.15) is 0 Å². The number of aryl methyl sites for hydroxylation is 1. The number of benzene rings is 1. The molecule has 0 aliphatic carbocycles. The van der Waals surface area contributed by atoms with Crippen LogP contribution in [0.25, 0.3) is 11.0 Å². The zero-order chi connectivity index (χ0) is 11.9. The first-order chi connectivity index (χ1) is 7.39. The van der Waals surface area contributed by atoms with Gasteiger partial charge in [-0.3, -0.25) is 0 Å². The monoisotopic (exact) mass is 178 g/mol. The predicted octanol–water partition coefficient (Wildman–Crippen LogP) is 3.26. The number of fused-ring (bicyclic) bond motifs is 1. The lowest BCUT2D eigenvalue weighted by atomic mass is 10.0. The molecule has 68 valence electrons. The van der Waals surface area contributed by atoms with Crippen LogP contribution in [-0.4, -0.2) is 5.16 Å². The summed E-state index contributed by atoms with van der Waals surface area (Å²) in [6, 6.07) is 5.55. The van der Waals surface area contributed by atoms with Crippen molar-refractivity contribution >= 4 is 11.0 Å². The molecule has 2 nitrogen and oxygen atoms in total. The first kappa shape index (κ1) is 5.43. The van der Waals surface area contributed by atoms with Gasteiger partial charge in [-0.05, 0) is 30.5 Å². The predicted molar refractivity (Wildman–Crippen MR) is 52.8 cm³/mol. The largest absolute Gasteiger partial charge is 0.356 e. The van der Waals surface area contributed by atoms with E-state index in [1.165, 1.54) is 0 Å². The van der Waals surface area contributed by atoms with Crippen LogP contribution in [0.1, 0.15) is 35.1 Å². The van der Waals surface area contributed by atoms with E-state index < -0.39 is 6.85 Å². The molecule has 0 aliphatic rings. The zero-order valence-electron chi connectivity index (χ0n) is 10.7. The second kappa shape index (κ2) is 2.87. The summed E-state index contributed by atoms with van der Waals surface area (Å²) in [5.74, 6) is 0.351. The van der Waals surface area contributed by atoms with Crippen LogP contribution in [0.3, 0.4) is 0 Å². The molecule has 13 heavy (non-hydrogen) atoms. The zero-order valence-corrected chi connectivity index (χ0v) is 7.66. The van der Waals surface area contributed by atoms with Crippen molar-refractivity contribution in [1.29, 1.82) is 0 Å². The fraction of sp³-hybridized carbons (Fsp3) is 0.364. The van der Waals surface area contributed by atoms with Crippen molar-refractivity contribution in [1.82, 2.24) is 5.16 Å². The number of hydrogen-bond donors (Lipinski definition) is 0. The van der Waals surface area contributed by atoms with E-state index in [-0.39, 0.29) is 5.69 Å². The Labute approximate surface area is 81.8 Å². The Morgan fingerprint density at radius 1 is 1.46 bits per heavy atom. The topological polar surface area (TPSA) is 26.0 Å². The molecule has 0 unspecified atom stereocenters. The van der Waals surface area contributed by atoms with Crippen LogP contribution in [0.4, 0.5) is 0 Å². The van der Waals surface area contributed by atoms with Gasteiger partial charge < -0.3 is 4.52 Å². The molecule has 0 radical (unpaired) electrons. The van der Waals surface area contributed by atoms with Crippen molar-refractivity contribution in [2.45, 2.75) is 26.6 Å². The number of nitrogens with zero attached hydrogens (tertiary/aromatic N) is 1. The van der Waals surface area contributed by atoms with Gasteiger partial charge in [-0.25, -0.2) is 0 Å². The minimum Gasteiger partial charge on any atom is -0.356 e. The van der Waals surface area contributed by atoms with Crippen molar-refractivity contribution in [2.75, 3.05) is 0 Å². The Kier molecular flexibility index (Phi) is 1.20. The fourth-order valence-electron chi connectivity index (χ4n) is 1.32. The quantitative estimate of drug-likeness (QED) is 0.670. The minimum atomic E-state index is -2.22. The van der Waals surface area contributed by atoms with Crippen LogP contribution in [0.5, 0.6) is 0 Å². The third kappa shape index (κ3) is 1.32. The average Bonchev–Trinajstić information content (AvgIpc) is 2.58. The molecule has 0 saturated carbocycles. The fourth-order valence-corrected chi connectivity index (χ4v) is 1.32. The van der Waals surface area contributed by atoms with Crippen LogP contribution >= 0.6 is 0 Å². The van der Waals surface area contributed by atoms with Crippen molar-refractivity contribution in [3.8, 4) is 0 Å². The van der Waals surface area contributed by atoms with Crippen LogP contribution in [0.15, 0.2) is 22.7 Å². The lowest BCUT2D eigenvalue weighted by molar-refractivity contribution is 0.450. The normalized spacial score (nSPS) is 15.8. The van der Waals surface area contributed by atoms with Crippen molar-refractivity contribution in [3.05, 3.63) is 29.5 Å². The summed E-state index contributed by atoms with van der Waals surface area (Å²) in [5, 5.41) is 4.22. The smallest absolute Gasteiger partial charge is 0.167 e. The molecule has 0 fully saturated rings. The van der Waals surface area contributed by atoms with Crippen LogP contribution in [-0.2, 0) is 0 Å². The van der Waals surface area contributed by atoms with E-state index in [1.807, 2.05) is 12.1 Å². The average molecular weight is 178 g/mol. The Hall–Kier alpha value is -1.31. The SMILES string of the molecule is [2H]C([2H])([2H])c1noc2ccc(C(C)C)cc12. The van der Waals surface area contributed by atoms with Crippen molar-refractivity contribution in [2.24, 2.45) is 0 Å². The van der Waals surface area contributed by atoms with E-state index in [2.05, 4.69) is 19.0 Å². The molecule has 0 N–H and O–H groups in total. The van der Waals surface area contributed by atoms with Crippen molar-refractivity contribution < 1.29 is 8.64 Å². The second-order valence-electron chi connectivity index (χ2n) is 3.44. The molecule has 1 heterocycles. The first-order valence-electron chi connectivity index (χ1n) is 5.79. The lowest BCUT2D eigenvalue weighted by Gasteiger charge is -2.03. The summed E-state index contributed by atoms with van der Waals surface area (Å²) in [4.78, 5) is 0. The molecule has 0 bridgehead atoms. The highest BCUT2D eigenvalue weighted by molar-refractivity contribution is 5.79. The molecule has 0 amide bonds. The maximum Gasteiger partial charge on any atom is 0.167 e. The van der Waals surface area contributed by atoms with E-state index >= 15 is 0 Å². The third-order valence-corrected chi connectivity index (χ3v) is 2.16. The highest BCUT2D eigenvalue weighted by Crippen LogP contribution is 2.23. The van der Waals surface area contributed by atoms with Crippen LogP contribution in [0, 0.1) is 6.85 Å². The molecule has 0 saturated heterocycles. The summed E-state index contributed by atoms with van der Waals surface area (Å²) >= 11 is 0. The summed E-state index contributed by atoms with van der Waals surface area (Å²) < 4.78 is 27.1. The van der Waals surface area contributed by atoms with E-state index in [4.69, 9.17) is 8.64 Å². The minimum absolute atomic E-state index is 0.0463. The Morgan fingerprint density at radius 3 is 3.00 bits per heavy atom. The second-order valence-corrected chi connectivity index (χ2v) is 3.44. The molecule has 1 aromatic carbocycles. The van der Waals surface area contributed by atoms with Gasteiger partial charge in [-0.1, -0.05) is 25.1 Å². The van der Waals surface area contributed by atoms with E-state index in [0.29, 0.717) is 16.9 Å². The molecular weight excluding hydrogens is 162 g/mol. The standard InChI is InChI=1S/C11H13NO/c1-7(2)9-4-5-11-10(6-9)8(3)12-13-11/h4-7H,1-3H3/i3D3. The van der Waals surface area contributed by atoms with Gasteiger partial charge in [0.15, 0.2) is 5.58 Å². The number of hydrogen-bond acceptors (Lipinski definition) is 2. The summed E-state index contributed by atoms with van der Waals surface area (Å²) in [6.07, 6.45) is 0. The van der Waals surface area contributed by atoms with Gasteiger partial charge in [0.05, 0.1) is 5.69 Å². The highest BCUT2D eigenvalue weighted by atomic mass is 16.5. The van der Waals surface area contributed by atoms with Gasteiger partial charge in [0.25, 0.3) is 0 Å². The van der Waals surface area contributed by atoms with Gasteiger partial charge in [-0.15, -0.1) is 0 Å². The highest BCUT2D eigenvalue weighted by Gasteiger charge is 2.06. The number of aromatic nitrogens is 1. The van der Waals surface area contributed by atoms with Gasteiger partial charge >= 0.3 is 0 Å². The molecule has 2 rings (SSSR count). The Balaban J connectivity index is 2.65. The van der Waals surface area contributed by atoms with E-state index in [9.17, 15) is 0 Å². The summed E-state index contributed by atoms with van der Waals surface area (Å²) in [6.45, 7) is 1.90. The van der Waals surface area contributed by atoms with Crippen molar-refractivity contribution in [3.63, 3.8) is 0 Å². The molecule has 0 aliphatic heterocycles. The van der Waals surface area contributed by atoms with Gasteiger partial charge in [0.1, 0.15) is 0 Å².